The minimum atomic E-state index is -0.868. The fourth-order valence-corrected chi connectivity index (χ4v) is 2.50. The third-order valence-electron chi connectivity index (χ3n) is 3.90. The number of amides is 1. The van der Waals surface area contributed by atoms with Crippen LogP contribution in [0.2, 0.25) is 0 Å². The van der Waals surface area contributed by atoms with Gasteiger partial charge in [0.1, 0.15) is 0 Å². The minimum absolute atomic E-state index is 0.0129. The van der Waals surface area contributed by atoms with Crippen molar-refractivity contribution in [1.82, 2.24) is 15.1 Å². The number of hydrogen-bond donors (Lipinski definition) is 2. The van der Waals surface area contributed by atoms with Crippen molar-refractivity contribution >= 4 is 11.9 Å². The van der Waals surface area contributed by atoms with Gasteiger partial charge >= 0.3 is 5.97 Å². The zero-order valence-corrected chi connectivity index (χ0v) is 14.9. The maximum absolute atomic E-state index is 12.5. The van der Waals surface area contributed by atoms with E-state index >= 15 is 0 Å². The van der Waals surface area contributed by atoms with Crippen molar-refractivity contribution in [3.8, 4) is 0 Å². The lowest BCUT2D eigenvalue weighted by atomic mass is 10.0. The van der Waals surface area contributed by atoms with E-state index < -0.39 is 5.97 Å². The highest BCUT2D eigenvalue weighted by Crippen LogP contribution is 2.14. The molecule has 2 aromatic rings. The third kappa shape index (κ3) is 5.74. The van der Waals surface area contributed by atoms with Gasteiger partial charge in [-0.05, 0) is 39.2 Å². The van der Waals surface area contributed by atoms with Gasteiger partial charge in [0.25, 0.3) is 5.91 Å². The lowest BCUT2D eigenvalue weighted by Crippen LogP contribution is -2.36. The summed E-state index contributed by atoms with van der Waals surface area (Å²) in [5.41, 5.74) is 1.33. The van der Waals surface area contributed by atoms with Crippen LogP contribution in [-0.2, 0) is 16.8 Å². The van der Waals surface area contributed by atoms with E-state index in [1.54, 1.807) is 10.9 Å². The smallest absolute Gasteiger partial charge is 0.303 e. The lowest BCUT2D eigenvalue weighted by Gasteiger charge is -2.19. The van der Waals surface area contributed by atoms with Crippen LogP contribution >= 0.6 is 0 Å². The predicted molar refractivity (Wildman–Crippen MR) is 95.5 cm³/mol. The molecule has 134 valence electrons. The van der Waals surface area contributed by atoms with Crippen LogP contribution in [0.15, 0.2) is 42.7 Å². The molecular weight excluding hydrogens is 318 g/mol. The van der Waals surface area contributed by atoms with E-state index in [4.69, 9.17) is 5.11 Å². The van der Waals surface area contributed by atoms with Crippen LogP contribution in [0, 0.1) is 0 Å². The van der Waals surface area contributed by atoms with Gasteiger partial charge in [-0.25, -0.2) is 0 Å². The fourth-order valence-electron chi connectivity index (χ4n) is 2.50. The highest BCUT2D eigenvalue weighted by atomic mass is 16.4. The van der Waals surface area contributed by atoms with Gasteiger partial charge in [-0.2, -0.15) is 5.10 Å². The van der Waals surface area contributed by atoms with Gasteiger partial charge in [-0.15, -0.1) is 0 Å². The summed E-state index contributed by atoms with van der Waals surface area (Å²) in [6.07, 6.45) is 4.24. The van der Waals surface area contributed by atoms with Gasteiger partial charge in [0, 0.05) is 18.7 Å². The molecule has 0 bridgehead atoms. The standard InChI is InChI=1S/C19H25N3O3/c1-19(2,3)22-13-15(12-20-22)18(25)21-16(9-10-17(23)24)11-14-7-5-4-6-8-14/h4-8,12-13,16H,9-11H2,1-3H3,(H,21,25)(H,23,24). The van der Waals surface area contributed by atoms with Gasteiger partial charge in [-0.1, -0.05) is 30.3 Å². The molecule has 25 heavy (non-hydrogen) atoms. The largest absolute Gasteiger partial charge is 0.481 e. The number of rotatable bonds is 7. The first-order valence-electron chi connectivity index (χ1n) is 8.37. The van der Waals surface area contributed by atoms with Crippen molar-refractivity contribution in [2.45, 2.75) is 51.6 Å². The summed E-state index contributed by atoms with van der Waals surface area (Å²) in [7, 11) is 0. The summed E-state index contributed by atoms with van der Waals surface area (Å²) in [5, 5.41) is 16.1. The molecule has 0 aliphatic heterocycles. The molecule has 0 saturated carbocycles. The van der Waals surface area contributed by atoms with Gasteiger partial charge in [0.05, 0.1) is 17.3 Å². The number of aromatic nitrogens is 2. The molecule has 1 unspecified atom stereocenters. The van der Waals surface area contributed by atoms with Crippen LogP contribution < -0.4 is 5.32 Å². The summed E-state index contributed by atoms with van der Waals surface area (Å²) >= 11 is 0. The van der Waals surface area contributed by atoms with Crippen LogP contribution in [0.4, 0.5) is 0 Å². The van der Waals surface area contributed by atoms with Gasteiger partial charge in [0.15, 0.2) is 0 Å². The van der Waals surface area contributed by atoms with Crippen LogP contribution in [0.25, 0.3) is 0 Å². The molecule has 0 aliphatic carbocycles. The summed E-state index contributed by atoms with van der Waals surface area (Å²) in [6, 6.07) is 9.48. The Morgan fingerprint density at radius 1 is 1.24 bits per heavy atom. The Kier molecular flexibility index (Phi) is 5.96. The molecule has 1 atom stereocenters. The summed E-state index contributed by atoms with van der Waals surface area (Å²) in [5.74, 6) is -1.10. The number of nitrogens with zero attached hydrogens (tertiary/aromatic N) is 2. The average molecular weight is 343 g/mol. The Labute approximate surface area is 147 Å². The quantitative estimate of drug-likeness (QED) is 0.809. The molecule has 1 amide bonds. The molecule has 0 saturated heterocycles. The SMILES string of the molecule is CC(C)(C)n1cc(C(=O)NC(CCC(=O)O)Cc2ccccc2)cn1. The average Bonchev–Trinajstić information content (AvgIpc) is 3.04. The van der Waals surface area contributed by atoms with Crippen molar-refractivity contribution in [2.24, 2.45) is 0 Å². The number of carboxylic acids is 1. The summed E-state index contributed by atoms with van der Waals surface area (Å²) < 4.78 is 1.74. The van der Waals surface area contributed by atoms with Crippen LogP contribution in [0.3, 0.4) is 0 Å². The minimum Gasteiger partial charge on any atom is -0.481 e. The van der Waals surface area contributed by atoms with E-state index in [1.807, 2.05) is 51.1 Å². The molecule has 0 spiro atoms. The van der Waals surface area contributed by atoms with E-state index in [-0.39, 0.29) is 23.9 Å². The molecule has 0 aliphatic rings. The number of benzene rings is 1. The Morgan fingerprint density at radius 2 is 1.92 bits per heavy atom. The summed E-state index contributed by atoms with van der Waals surface area (Å²) in [6.45, 7) is 6.02. The predicted octanol–water partition coefficient (Wildman–Crippen LogP) is 2.84. The third-order valence-corrected chi connectivity index (χ3v) is 3.90. The first-order chi connectivity index (χ1) is 11.8. The number of hydrogen-bond acceptors (Lipinski definition) is 3. The highest BCUT2D eigenvalue weighted by Gasteiger charge is 2.19. The monoisotopic (exact) mass is 343 g/mol. The topological polar surface area (TPSA) is 84.2 Å². The first kappa shape index (κ1) is 18.7. The van der Waals surface area contributed by atoms with Crippen LogP contribution in [-0.4, -0.2) is 32.8 Å². The zero-order chi connectivity index (χ0) is 18.4. The van der Waals surface area contributed by atoms with Crippen molar-refractivity contribution in [2.75, 3.05) is 0 Å². The van der Waals surface area contributed by atoms with E-state index in [2.05, 4.69) is 10.4 Å². The molecule has 0 radical (unpaired) electrons. The summed E-state index contributed by atoms with van der Waals surface area (Å²) in [4.78, 5) is 23.4. The van der Waals surface area contributed by atoms with Crippen molar-refractivity contribution in [3.63, 3.8) is 0 Å². The van der Waals surface area contributed by atoms with Crippen molar-refractivity contribution in [1.29, 1.82) is 0 Å². The fraction of sp³-hybridized carbons (Fsp3) is 0.421. The Bertz CT molecular complexity index is 717. The second kappa shape index (κ2) is 7.96. The molecule has 1 heterocycles. The van der Waals surface area contributed by atoms with E-state index in [9.17, 15) is 9.59 Å². The lowest BCUT2D eigenvalue weighted by molar-refractivity contribution is -0.137. The second-order valence-corrected chi connectivity index (χ2v) is 7.14. The number of aliphatic carboxylic acids is 1. The Balaban J connectivity index is 2.07. The molecule has 6 nitrogen and oxygen atoms in total. The number of carbonyl (C=O) groups excluding carboxylic acids is 1. The Hall–Kier alpha value is -2.63. The maximum Gasteiger partial charge on any atom is 0.303 e. The normalized spacial score (nSPS) is 12.6. The van der Waals surface area contributed by atoms with Gasteiger partial charge < -0.3 is 10.4 Å². The van der Waals surface area contributed by atoms with E-state index in [1.165, 1.54) is 6.20 Å². The van der Waals surface area contributed by atoms with Crippen LogP contribution in [0.5, 0.6) is 0 Å². The van der Waals surface area contributed by atoms with E-state index in [0.717, 1.165) is 5.56 Å². The maximum atomic E-state index is 12.5. The van der Waals surface area contributed by atoms with Crippen molar-refractivity contribution < 1.29 is 14.7 Å². The molecule has 1 aromatic carbocycles. The van der Waals surface area contributed by atoms with Crippen molar-refractivity contribution in [3.05, 3.63) is 53.9 Å². The number of carbonyl (C=O) groups is 2. The van der Waals surface area contributed by atoms with Crippen LogP contribution in [0.1, 0.15) is 49.5 Å². The zero-order valence-electron chi connectivity index (χ0n) is 14.9. The first-order valence-corrected chi connectivity index (χ1v) is 8.37. The van der Waals surface area contributed by atoms with Gasteiger partial charge in [0.2, 0.25) is 0 Å². The molecule has 6 heteroatoms. The Morgan fingerprint density at radius 3 is 2.48 bits per heavy atom. The molecule has 0 fully saturated rings. The number of nitrogens with one attached hydrogen (secondary N) is 1. The highest BCUT2D eigenvalue weighted by molar-refractivity contribution is 5.93. The molecule has 2 rings (SSSR count). The number of carboxylic acid groups (broad SMARTS) is 1. The van der Waals surface area contributed by atoms with E-state index in [0.29, 0.717) is 18.4 Å². The molecular formula is C19H25N3O3. The molecule has 1 aromatic heterocycles. The molecule has 2 N–H and O–H groups in total. The van der Waals surface area contributed by atoms with Gasteiger partial charge in [-0.3, -0.25) is 14.3 Å². The second-order valence-electron chi connectivity index (χ2n) is 7.14.